The Balaban J connectivity index is 1.41. The summed E-state index contributed by atoms with van der Waals surface area (Å²) in [6.07, 6.45) is 2.87. The van der Waals surface area contributed by atoms with E-state index >= 15 is 0 Å². The lowest BCUT2D eigenvalue weighted by molar-refractivity contribution is 0.0862. The normalized spacial score (nSPS) is 17.6. The fraction of sp³-hybridized carbons (Fsp3) is 0.214. The maximum absolute atomic E-state index is 13.3. The molecule has 1 aliphatic carbocycles. The Morgan fingerprint density at radius 3 is 1.26 bits per heavy atom. The number of amides is 2. The van der Waals surface area contributed by atoms with Crippen LogP contribution in [0.1, 0.15) is 46.4 Å². The molecule has 8 nitrogen and oxygen atoms in total. The molecule has 196 valence electrons. The van der Waals surface area contributed by atoms with E-state index in [0.29, 0.717) is 12.8 Å². The first-order valence-electron chi connectivity index (χ1n) is 12.1. The first-order chi connectivity index (χ1) is 18.3. The van der Waals surface area contributed by atoms with Crippen molar-refractivity contribution in [1.82, 2.24) is 10.6 Å². The van der Waals surface area contributed by atoms with Crippen molar-refractivity contribution >= 4 is 72.9 Å². The van der Waals surface area contributed by atoms with E-state index in [9.17, 15) is 21.9 Å². The second-order valence-corrected chi connectivity index (χ2v) is 14.0. The van der Waals surface area contributed by atoms with E-state index in [0.717, 1.165) is 34.4 Å². The Labute approximate surface area is 232 Å². The van der Waals surface area contributed by atoms with Gasteiger partial charge in [-0.3, -0.25) is 9.59 Å². The standard InChI is InChI=1S/C28H24I2N2O6/c33-27(21-13-17-7-1-3-9-19(17)15-23(21)29(35)36)31-25-11-5-6-12-26(25)32-28(34)22-14-18-8-2-4-10-20(18)16-24(22)30(37)38/h1-4,7-10,13-16,25-26H,5-6,11-12H2,(H,31,33)(H,32,34)/t25-,26-/m1/s1. The van der Waals surface area contributed by atoms with Gasteiger partial charge < -0.3 is 10.6 Å². The maximum atomic E-state index is 13.3. The molecule has 0 radical (unpaired) electrons. The molecule has 5 rings (SSSR count). The monoisotopic (exact) mass is 738 g/mol. The van der Waals surface area contributed by atoms with E-state index < -0.39 is 63.5 Å². The van der Waals surface area contributed by atoms with Crippen molar-refractivity contribution < 1.29 is 21.9 Å². The zero-order valence-corrected chi connectivity index (χ0v) is 24.4. The smallest absolute Gasteiger partial charge is 0.341 e. The summed E-state index contributed by atoms with van der Waals surface area (Å²) in [6, 6.07) is 19.9. The van der Waals surface area contributed by atoms with Gasteiger partial charge in [0.05, 0.1) is 18.3 Å². The van der Waals surface area contributed by atoms with Crippen molar-refractivity contribution in [2.24, 2.45) is 0 Å². The molecule has 1 saturated carbocycles. The van der Waals surface area contributed by atoms with Crippen molar-refractivity contribution in [2.45, 2.75) is 37.8 Å². The molecule has 2 N–H and O–H groups in total. The van der Waals surface area contributed by atoms with Gasteiger partial charge in [-0.15, -0.1) is 0 Å². The molecule has 10 heteroatoms. The Morgan fingerprint density at radius 1 is 0.579 bits per heavy atom. The van der Waals surface area contributed by atoms with Gasteiger partial charge in [-0.1, -0.05) is 61.4 Å². The van der Waals surface area contributed by atoms with Crippen LogP contribution in [0, 0.1) is 7.14 Å². The van der Waals surface area contributed by atoms with Gasteiger partial charge in [-0.2, -0.15) is 0 Å². The third-order valence-electron chi connectivity index (χ3n) is 6.89. The summed E-state index contributed by atoms with van der Waals surface area (Å²) in [6.45, 7) is 0. The van der Waals surface area contributed by atoms with Crippen LogP contribution in [0.25, 0.3) is 21.5 Å². The highest BCUT2D eigenvalue weighted by molar-refractivity contribution is 14.2. The van der Waals surface area contributed by atoms with Gasteiger partial charge in [0.1, 0.15) is 0 Å². The third kappa shape index (κ3) is 5.55. The molecule has 0 aromatic heterocycles. The van der Waals surface area contributed by atoms with Gasteiger partial charge in [0, 0.05) is 12.1 Å². The van der Waals surface area contributed by atoms with Crippen molar-refractivity contribution in [2.75, 3.05) is 0 Å². The van der Waals surface area contributed by atoms with Crippen LogP contribution in [0.15, 0.2) is 72.8 Å². The SMILES string of the molecule is O=C(N[C@@H]1CCCC[C@H]1NC(=O)c1cc2ccccc2cc1I(=O)=O)c1cc2ccccc2cc1I(=O)=O. The summed E-state index contributed by atoms with van der Waals surface area (Å²) < 4.78 is 48.3. The Hall–Kier alpha value is -3.00. The van der Waals surface area contributed by atoms with Crippen LogP contribution in [0.4, 0.5) is 0 Å². The number of fused-ring (bicyclic) bond motifs is 2. The Kier molecular flexibility index (Phi) is 7.98. The van der Waals surface area contributed by atoms with E-state index in [1.54, 1.807) is 36.4 Å². The summed E-state index contributed by atoms with van der Waals surface area (Å²) >= 11 is -7.95. The van der Waals surface area contributed by atoms with E-state index in [1.165, 1.54) is 12.1 Å². The molecule has 0 spiro atoms. The molecule has 1 aliphatic rings. The molecule has 0 bridgehead atoms. The first kappa shape index (κ1) is 26.6. The average molecular weight is 738 g/mol. The van der Waals surface area contributed by atoms with Crippen LogP contribution < -0.4 is 10.6 Å². The molecule has 4 aromatic rings. The van der Waals surface area contributed by atoms with Gasteiger partial charge >= 0.3 is 39.6 Å². The highest BCUT2D eigenvalue weighted by Gasteiger charge is 2.30. The fourth-order valence-corrected chi connectivity index (χ4v) is 7.93. The van der Waals surface area contributed by atoms with Gasteiger partial charge in [0.15, 0.2) is 0 Å². The zero-order valence-electron chi connectivity index (χ0n) is 20.1. The minimum Gasteiger partial charge on any atom is -0.347 e. The highest BCUT2D eigenvalue weighted by Crippen LogP contribution is 2.30. The minimum absolute atomic E-state index is 0.0325. The van der Waals surface area contributed by atoms with Crippen LogP contribution in [0.5, 0.6) is 0 Å². The summed E-state index contributed by atoms with van der Waals surface area (Å²) in [5.74, 6) is -1.02. The molecular formula is C28H24I2N2O6. The maximum Gasteiger partial charge on any atom is 0.341 e. The van der Waals surface area contributed by atoms with Gasteiger partial charge in [-0.25, -0.2) is 12.3 Å². The molecular weight excluding hydrogens is 714 g/mol. The molecule has 0 aliphatic heterocycles. The van der Waals surface area contributed by atoms with E-state index in [1.807, 2.05) is 24.3 Å². The Bertz CT molecular complexity index is 1580. The molecule has 38 heavy (non-hydrogen) atoms. The van der Waals surface area contributed by atoms with Gasteiger partial charge in [0.25, 0.3) is 11.8 Å². The van der Waals surface area contributed by atoms with Crippen LogP contribution in [0.3, 0.4) is 0 Å². The van der Waals surface area contributed by atoms with Gasteiger partial charge in [0.2, 0.25) is 0 Å². The lowest BCUT2D eigenvalue weighted by Crippen LogP contribution is -2.53. The summed E-state index contributed by atoms with van der Waals surface area (Å²) in [5.41, 5.74) is 0.192. The third-order valence-corrected chi connectivity index (χ3v) is 10.6. The molecule has 4 aromatic carbocycles. The molecule has 1 fully saturated rings. The van der Waals surface area contributed by atoms with Crippen LogP contribution in [-0.4, -0.2) is 23.9 Å². The minimum atomic E-state index is -3.98. The van der Waals surface area contributed by atoms with E-state index in [4.69, 9.17) is 0 Å². The number of carbonyl (C=O) groups excluding carboxylic acids is 2. The number of hydrogen-bond donors (Lipinski definition) is 2. The van der Waals surface area contributed by atoms with E-state index in [-0.39, 0.29) is 18.3 Å². The number of carbonyl (C=O) groups is 2. The number of benzene rings is 4. The van der Waals surface area contributed by atoms with Crippen molar-refractivity contribution in [1.29, 1.82) is 0 Å². The lowest BCUT2D eigenvalue weighted by atomic mass is 9.89. The quantitative estimate of drug-likeness (QED) is 0.227. The van der Waals surface area contributed by atoms with E-state index in [2.05, 4.69) is 10.6 Å². The van der Waals surface area contributed by atoms with Crippen molar-refractivity contribution in [3.63, 3.8) is 0 Å². The second-order valence-electron chi connectivity index (χ2n) is 9.24. The summed E-state index contributed by atoms with van der Waals surface area (Å²) in [5, 5.41) is 8.88. The largest absolute Gasteiger partial charge is 0.347 e. The first-order valence-corrected chi connectivity index (χ1v) is 17.8. The predicted molar refractivity (Wildman–Crippen MR) is 157 cm³/mol. The zero-order chi connectivity index (χ0) is 26.8. The van der Waals surface area contributed by atoms with Gasteiger partial charge in [-0.05, 0) is 58.7 Å². The lowest BCUT2D eigenvalue weighted by Gasteiger charge is -2.33. The molecule has 2 amide bonds. The summed E-state index contributed by atoms with van der Waals surface area (Å²) in [7, 11) is 0. The molecule has 0 saturated heterocycles. The topological polar surface area (TPSA) is 126 Å². The number of halogens is 2. The van der Waals surface area contributed by atoms with Crippen LogP contribution >= 0.6 is 39.6 Å². The van der Waals surface area contributed by atoms with Crippen LogP contribution in [0.2, 0.25) is 0 Å². The molecule has 0 unspecified atom stereocenters. The number of rotatable bonds is 6. The number of nitrogens with one attached hydrogen (secondary N) is 2. The predicted octanol–water partition coefficient (Wildman–Crippen LogP) is 6.20. The Morgan fingerprint density at radius 2 is 0.921 bits per heavy atom. The molecule has 0 heterocycles. The summed E-state index contributed by atoms with van der Waals surface area (Å²) in [4.78, 5) is 26.6. The van der Waals surface area contributed by atoms with Crippen molar-refractivity contribution in [3.8, 4) is 0 Å². The molecule has 2 atom stereocenters. The fourth-order valence-electron chi connectivity index (χ4n) is 5.00. The van der Waals surface area contributed by atoms with Crippen LogP contribution in [-0.2, 0) is 12.3 Å². The number of hydrogen-bond acceptors (Lipinski definition) is 6. The van der Waals surface area contributed by atoms with Crippen molar-refractivity contribution in [3.05, 3.63) is 91.1 Å². The highest BCUT2D eigenvalue weighted by atomic mass is 127. The average Bonchev–Trinajstić information content (AvgIpc) is 2.92. The second kappa shape index (κ2) is 11.4.